The summed E-state index contributed by atoms with van der Waals surface area (Å²) in [6.07, 6.45) is -0.389. The van der Waals surface area contributed by atoms with E-state index in [0.717, 1.165) is 0 Å². The molecule has 0 aromatic carbocycles. The molecule has 1 amide bonds. The topological polar surface area (TPSA) is 52.3 Å². The van der Waals surface area contributed by atoms with Gasteiger partial charge in [0.15, 0.2) is 0 Å². The van der Waals surface area contributed by atoms with Crippen molar-refractivity contribution in [2.24, 2.45) is 5.73 Å². The predicted molar refractivity (Wildman–Crippen MR) is 52.0 cm³/mol. The Morgan fingerprint density at radius 2 is 2.08 bits per heavy atom. The Kier molecular flexibility index (Phi) is 4.63. The molecule has 1 saturated heterocycles. The zero-order valence-corrected chi connectivity index (χ0v) is 8.90. The summed E-state index contributed by atoms with van der Waals surface area (Å²) in [5.41, 5.74) is 5.04. The first-order chi connectivity index (χ1) is 5.51. The molecule has 0 bridgehead atoms. The summed E-state index contributed by atoms with van der Waals surface area (Å²) in [7, 11) is 0. The van der Waals surface area contributed by atoms with Crippen molar-refractivity contribution in [3.8, 4) is 0 Å². The fraction of sp³-hybridized carbons (Fsp3) is 0.875. The van der Waals surface area contributed by atoms with E-state index in [-0.39, 0.29) is 16.9 Å². The molecule has 1 aliphatic rings. The summed E-state index contributed by atoms with van der Waals surface area (Å²) >= 11 is 1.61. The van der Waals surface area contributed by atoms with Crippen LogP contribution in [0.1, 0.15) is 27.7 Å². The largest absolute Gasteiger partial charge is 0.367 e. The molecule has 0 aromatic heterocycles. The van der Waals surface area contributed by atoms with Crippen LogP contribution in [0.4, 0.5) is 0 Å². The molecular formula is C8H17NO2S. The summed E-state index contributed by atoms with van der Waals surface area (Å²) in [5.74, 6) is 0.320. The highest BCUT2D eigenvalue weighted by molar-refractivity contribution is 8.00. The maximum atomic E-state index is 10.6. The molecule has 0 saturated carbocycles. The molecular weight excluding hydrogens is 174 g/mol. The van der Waals surface area contributed by atoms with Gasteiger partial charge in [0.1, 0.15) is 11.0 Å². The SMILES string of the molecule is CC.CC1(C)OC(C(N)=O)CS1. The first-order valence-corrected chi connectivity index (χ1v) is 5.11. The van der Waals surface area contributed by atoms with Crippen LogP contribution in [-0.4, -0.2) is 22.7 Å². The number of thioether (sulfide) groups is 1. The van der Waals surface area contributed by atoms with Crippen molar-refractivity contribution < 1.29 is 9.53 Å². The van der Waals surface area contributed by atoms with E-state index in [0.29, 0.717) is 5.75 Å². The molecule has 1 unspecified atom stereocenters. The number of ether oxygens (including phenoxy) is 1. The second kappa shape index (κ2) is 4.72. The third-order valence-corrected chi connectivity index (χ3v) is 2.59. The van der Waals surface area contributed by atoms with Gasteiger partial charge in [0.25, 0.3) is 0 Å². The van der Waals surface area contributed by atoms with Gasteiger partial charge in [0.2, 0.25) is 5.91 Å². The number of rotatable bonds is 1. The number of amides is 1. The Labute approximate surface area is 78.0 Å². The molecule has 72 valence electrons. The summed E-state index contributed by atoms with van der Waals surface area (Å²) < 4.78 is 5.30. The third-order valence-electron chi connectivity index (χ3n) is 1.33. The minimum Gasteiger partial charge on any atom is -0.367 e. The summed E-state index contributed by atoms with van der Waals surface area (Å²) in [6, 6.07) is 0. The lowest BCUT2D eigenvalue weighted by Crippen LogP contribution is -2.32. The van der Waals surface area contributed by atoms with Crippen LogP contribution in [0.3, 0.4) is 0 Å². The lowest BCUT2D eigenvalue weighted by atomic mass is 10.4. The summed E-state index contributed by atoms with van der Waals surface area (Å²) in [4.78, 5) is 10.3. The lowest BCUT2D eigenvalue weighted by molar-refractivity contribution is -0.130. The van der Waals surface area contributed by atoms with Crippen LogP contribution in [0.2, 0.25) is 0 Å². The standard InChI is InChI=1S/C6H11NO2S.C2H6/c1-6(2)9-4(3-10-6)5(7)8;1-2/h4H,3H2,1-2H3,(H2,7,8);1-2H3. The second-order valence-corrected chi connectivity index (χ2v) is 4.32. The number of carbonyl (C=O) groups is 1. The number of carbonyl (C=O) groups excluding carboxylic acids is 1. The van der Waals surface area contributed by atoms with E-state index in [1.807, 2.05) is 27.7 Å². The normalized spacial score (nSPS) is 25.8. The maximum Gasteiger partial charge on any atom is 0.247 e. The van der Waals surface area contributed by atoms with Gasteiger partial charge in [-0.05, 0) is 13.8 Å². The first kappa shape index (κ1) is 11.8. The van der Waals surface area contributed by atoms with E-state index in [1.165, 1.54) is 0 Å². The fourth-order valence-corrected chi connectivity index (χ4v) is 1.80. The van der Waals surface area contributed by atoms with E-state index in [4.69, 9.17) is 10.5 Å². The van der Waals surface area contributed by atoms with Crippen molar-refractivity contribution >= 4 is 17.7 Å². The molecule has 1 fully saturated rings. The molecule has 0 radical (unpaired) electrons. The van der Waals surface area contributed by atoms with E-state index in [2.05, 4.69) is 0 Å². The monoisotopic (exact) mass is 191 g/mol. The van der Waals surface area contributed by atoms with E-state index < -0.39 is 0 Å². The van der Waals surface area contributed by atoms with Crippen molar-refractivity contribution in [1.82, 2.24) is 0 Å². The number of hydrogen-bond donors (Lipinski definition) is 1. The minimum absolute atomic E-state index is 0.236. The zero-order valence-electron chi connectivity index (χ0n) is 8.09. The highest BCUT2D eigenvalue weighted by Gasteiger charge is 2.35. The van der Waals surface area contributed by atoms with Crippen LogP contribution in [0, 0.1) is 0 Å². The van der Waals surface area contributed by atoms with Gasteiger partial charge in [0, 0.05) is 5.75 Å². The molecule has 0 spiro atoms. The van der Waals surface area contributed by atoms with Gasteiger partial charge < -0.3 is 10.5 Å². The van der Waals surface area contributed by atoms with Gasteiger partial charge in [0.05, 0.1) is 0 Å². The molecule has 1 heterocycles. The molecule has 0 aliphatic carbocycles. The fourth-order valence-electron chi connectivity index (χ4n) is 0.827. The molecule has 1 aliphatic heterocycles. The molecule has 2 N–H and O–H groups in total. The predicted octanol–water partition coefficient (Wildman–Crippen LogP) is 1.37. The van der Waals surface area contributed by atoms with Gasteiger partial charge in [-0.3, -0.25) is 4.79 Å². The Morgan fingerprint density at radius 3 is 2.25 bits per heavy atom. The van der Waals surface area contributed by atoms with Crippen LogP contribution in [-0.2, 0) is 9.53 Å². The minimum atomic E-state index is -0.389. The van der Waals surface area contributed by atoms with Crippen LogP contribution in [0.15, 0.2) is 0 Å². The van der Waals surface area contributed by atoms with Gasteiger partial charge in [-0.15, -0.1) is 11.8 Å². The molecule has 4 heteroatoms. The average molecular weight is 191 g/mol. The van der Waals surface area contributed by atoms with Crippen LogP contribution < -0.4 is 5.73 Å². The molecule has 1 atom stereocenters. The third kappa shape index (κ3) is 3.45. The smallest absolute Gasteiger partial charge is 0.247 e. The highest BCUT2D eigenvalue weighted by atomic mass is 32.2. The van der Waals surface area contributed by atoms with Crippen molar-refractivity contribution in [2.45, 2.75) is 38.7 Å². The molecule has 0 aromatic rings. The zero-order chi connectivity index (χ0) is 9.78. The second-order valence-electron chi connectivity index (χ2n) is 2.72. The molecule has 1 rings (SSSR count). The highest BCUT2D eigenvalue weighted by Crippen LogP contribution is 2.34. The van der Waals surface area contributed by atoms with Crippen molar-refractivity contribution in [1.29, 1.82) is 0 Å². The van der Waals surface area contributed by atoms with Gasteiger partial charge >= 0.3 is 0 Å². The van der Waals surface area contributed by atoms with Crippen molar-refractivity contribution in [2.75, 3.05) is 5.75 Å². The maximum absolute atomic E-state index is 10.6. The van der Waals surface area contributed by atoms with E-state index in [9.17, 15) is 4.79 Å². The van der Waals surface area contributed by atoms with Crippen molar-refractivity contribution in [3.05, 3.63) is 0 Å². The first-order valence-electron chi connectivity index (χ1n) is 4.12. The molecule has 3 nitrogen and oxygen atoms in total. The summed E-state index contributed by atoms with van der Waals surface area (Å²) in [6.45, 7) is 7.86. The van der Waals surface area contributed by atoms with Crippen LogP contribution >= 0.6 is 11.8 Å². The van der Waals surface area contributed by atoms with Gasteiger partial charge in [-0.1, -0.05) is 13.8 Å². The summed E-state index contributed by atoms with van der Waals surface area (Å²) in [5, 5.41) is 0. The lowest BCUT2D eigenvalue weighted by Gasteiger charge is -2.15. The average Bonchev–Trinajstić information content (AvgIpc) is 2.35. The number of hydrogen-bond acceptors (Lipinski definition) is 3. The van der Waals surface area contributed by atoms with Gasteiger partial charge in [-0.2, -0.15) is 0 Å². The number of primary amides is 1. The van der Waals surface area contributed by atoms with Gasteiger partial charge in [-0.25, -0.2) is 0 Å². The molecule has 12 heavy (non-hydrogen) atoms. The Bertz CT molecular complexity index is 159. The van der Waals surface area contributed by atoms with E-state index in [1.54, 1.807) is 11.8 Å². The number of nitrogens with two attached hydrogens (primary N) is 1. The van der Waals surface area contributed by atoms with E-state index >= 15 is 0 Å². The Morgan fingerprint density at radius 1 is 1.58 bits per heavy atom. The Hall–Kier alpha value is -0.220. The van der Waals surface area contributed by atoms with Crippen LogP contribution in [0.25, 0.3) is 0 Å². The van der Waals surface area contributed by atoms with Crippen molar-refractivity contribution in [3.63, 3.8) is 0 Å². The van der Waals surface area contributed by atoms with Crippen LogP contribution in [0.5, 0.6) is 0 Å². The quantitative estimate of drug-likeness (QED) is 0.681. The Balaban J connectivity index is 0.000000561.